The zero-order valence-corrected chi connectivity index (χ0v) is 28.3. The maximum atomic E-state index is 11.9. The molecule has 0 radical (unpaired) electrons. The normalized spacial score (nSPS) is 13.7. The van der Waals surface area contributed by atoms with E-state index < -0.39 is 0 Å². The topological polar surface area (TPSA) is 26.3 Å². The highest BCUT2D eigenvalue weighted by Crippen LogP contribution is 2.21. The molecular formula is C38H74O2. The Morgan fingerprint density at radius 1 is 0.525 bits per heavy atom. The third-order valence-corrected chi connectivity index (χ3v) is 9.31. The van der Waals surface area contributed by atoms with Crippen molar-refractivity contribution in [3.63, 3.8) is 0 Å². The summed E-state index contributed by atoms with van der Waals surface area (Å²) in [6.45, 7) is 15.5. The first kappa shape index (κ1) is 39.2. The van der Waals surface area contributed by atoms with Gasteiger partial charge in [-0.2, -0.15) is 0 Å². The molecule has 40 heavy (non-hydrogen) atoms. The van der Waals surface area contributed by atoms with Crippen LogP contribution < -0.4 is 0 Å². The molecule has 0 heterocycles. The van der Waals surface area contributed by atoms with Crippen LogP contribution in [-0.2, 0) is 9.53 Å². The molecule has 0 aromatic heterocycles. The average Bonchev–Trinajstić information content (AvgIpc) is 2.95. The number of hydrogen-bond donors (Lipinski definition) is 0. The number of rotatable bonds is 31. The molecular weight excluding hydrogens is 488 g/mol. The van der Waals surface area contributed by atoms with Crippen LogP contribution in [0, 0.1) is 17.8 Å². The van der Waals surface area contributed by atoms with Crippen LogP contribution in [0.1, 0.15) is 202 Å². The zero-order valence-electron chi connectivity index (χ0n) is 28.3. The van der Waals surface area contributed by atoms with Crippen LogP contribution in [0.3, 0.4) is 0 Å². The van der Waals surface area contributed by atoms with Crippen molar-refractivity contribution in [1.82, 2.24) is 0 Å². The van der Waals surface area contributed by atoms with E-state index in [1.165, 1.54) is 167 Å². The van der Waals surface area contributed by atoms with Crippen LogP contribution in [0.2, 0.25) is 0 Å². The van der Waals surface area contributed by atoms with Crippen LogP contribution in [0.25, 0.3) is 0 Å². The van der Waals surface area contributed by atoms with E-state index in [1.807, 2.05) is 0 Å². The number of unbranched alkanes of at least 4 members (excludes halogenated alkanes) is 18. The van der Waals surface area contributed by atoms with Crippen molar-refractivity contribution in [1.29, 1.82) is 0 Å². The molecule has 238 valence electrons. The summed E-state index contributed by atoms with van der Waals surface area (Å²) in [6, 6.07) is 0. The molecule has 0 amide bonds. The van der Waals surface area contributed by atoms with Gasteiger partial charge in [0.05, 0.1) is 6.61 Å². The smallest absolute Gasteiger partial charge is 0.333 e. The summed E-state index contributed by atoms with van der Waals surface area (Å²) in [5, 5.41) is 0. The lowest BCUT2D eigenvalue weighted by Gasteiger charge is -2.17. The molecule has 0 aliphatic heterocycles. The second-order valence-corrected chi connectivity index (χ2v) is 13.5. The Hall–Kier alpha value is -0.790. The first-order chi connectivity index (χ1) is 19.4. The van der Waals surface area contributed by atoms with Gasteiger partial charge >= 0.3 is 5.97 Å². The van der Waals surface area contributed by atoms with Crippen molar-refractivity contribution in [2.45, 2.75) is 202 Å². The summed E-state index contributed by atoms with van der Waals surface area (Å²) in [5.74, 6) is 2.13. The Morgan fingerprint density at radius 2 is 0.800 bits per heavy atom. The van der Waals surface area contributed by atoms with E-state index in [1.54, 1.807) is 6.92 Å². The minimum atomic E-state index is -0.218. The Kier molecular flexibility index (Phi) is 29.1. The number of carbonyl (C=O) groups is 1. The van der Waals surface area contributed by atoms with Crippen LogP contribution >= 0.6 is 0 Å². The van der Waals surface area contributed by atoms with Crippen molar-refractivity contribution in [2.24, 2.45) is 17.8 Å². The van der Waals surface area contributed by atoms with Crippen molar-refractivity contribution < 1.29 is 9.53 Å². The molecule has 0 aliphatic carbocycles. The Morgan fingerprint density at radius 3 is 1.07 bits per heavy atom. The van der Waals surface area contributed by atoms with E-state index in [0.29, 0.717) is 18.1 Å². The summed E-state index contributed by atoms with van der Waals surface area (Å²) in [5.41, 5.74) is 0.518. The third kappa shape index (κ3) is 27.4. The molecule has 0 aromatic carbocycles. The number of ether oxygens (including phenoxy) is 1. The highest BCUT2D eigenvalue weighted by molar-refractivity contribution is 5.86. The summed E-state index contributed by atoms with van der Waals surface area (Å²) in [6.07, 6.45) is 35.7. The Bertz CT molecular complexity index is 554. The molecule has 0 saturated heterocycles. The van der Waals surface area contributed by atoms with Crippen molar-refractivity contribution >= 4 is 5.97 Å². The molecule has 0 fully saturated rings. The van der Waals surface area contributed by atoms with E-state index in [0.717, 1.165) is 11.8 Å². The van der Waals surface area contributed by atoms with Crippen molar-refractivity contribution in [2.75, 3.05) is 6.61 Å². The standard InChI is InChI=1S/C38H74O2/c1-7-35(5)29-25-21-17-13-10-9-11-15-19-23-27-31-37(33-40-38(39)34(3)4)32-28-24-20-16-12-14-18-22-26-30-36(6)8-2/h35-37H,3,7-33H2,1-2,4-6H3. The largest absolute Gasteiger partial charge is 0.462 e. The summed E-state index contributed by atoms with van der Waals surface area (Å²) >= 11 is 0. The van der Waals surface area contributed by atoms with Crippen molar-refractivity contribution in [3.8, 4) is 0 Å². The highest BCUT2D eigenvalue weighted by Gasteiger charge is 2.12. The maximum absolute atomic E-state index is 11.9. The van der Waals surface area contributed by atoms with Crippen LogP contribution in [-0.4, -0.2) is 12.6 Å². The fourth-order valence-corrected chi connectivity index (χ4v) is 5.72. The van der Waals surface area contributed by atoms with E-state index in [2.05, 4.69) is 34.3 Å². The fraction of sp³-hybridized carbons (Fsp3) is 0.921. The van der Waals surface area contributed by atoms with Gasteiger partial charge in [-0.15, -0.1) is 0 Å². The molecule has 3 atom stereocenters. The minimum absolute atomic E-state index is 0.218. The number of carbonyl (C=O) groups excluding carboxylic acids is 1. The zero-order chi connectivity index (χ0) is 29.7. The molecule has 0 aromatic rings. The molecule has 0 aliphatic rings. The molecule has 0 saturated carbocycles. The van der Waals surface area contributed by atoms with Crippen molar-refractivity contribution in [3.05, 3.63) is 12.2 Å². The third-order valence-electron chi connectivity index (χ3n) is 9.31. The summed E-state index contributed by atoms with van der Waals surface area (Å²) in [7, 11) is 0. The van der Waals surface area contributed by atoms with Crippen LogP contribution in [0.15, 0.2) is 12.2 Å². The van der Waals surface area contributed by atoms with Gasteiger partial charge in [-0.1, -0.05) is 188 Å². The van der Waals surface area contributed by atoms with E-state index in [-0.39, 0.29) is 5.97 Å². The maximum Gasteiger partial charge on any atom is 0.333 e. The van der Waals surface area contributed by atoms with Gasteiger partial charge in [0.1, 0.15) is 0 Å². The van der Waals surface area contributed by atoms with Crippen LogP contribution in [0.5, 0.6) is 0 Å². The molecule has 2 nitrogen and oxygen atoms in total. The highest BCUT2D eigenvalue weighted by atomic mass is 16.5. The summed E-state index contributed by atoms with van der Waals surface area (Å²) < 4.78 is 5.57. The lowest BCUT2D eigenvalue weighted by Crippen LogP contribution is -2.15. The SMILES string of the molecule is C=C(C)C(=O)OCC(CCCCCCCCCCCCCC(C)CC)CCCCCCCCCCCC(C)CC. The summed E-state index contributed by atoms with van der Waals surface area (Å²) in [4.78, 5) is 11.9. The predicted molar refractivity (Wildman–Crippen MR) is 179 cm³/mol. The lowest BCUT2D eigenvalue weighted by atomic mass is 9.94. The monoisotopic (exact) mass is 563 g/mol. The van der Waals surface area contributed by atoms with Gasteiger partial charge in [-0.25, -0.2) is 4.79 Å². The molecule has 0 rings (SSSR count). The quantitative estimate of drug-likeness (QED) is 0.0477. The van der Waals surface area contributed by atoms with Crippen LogP contribution in [0.4, 0.5) is 0 Å². The molecule has 3 unspecified atom stereocenters. The first-order valence-corrected chi connectivity index (χ1v) is 18.2. The van der Waals surface area contributed by atoms with Gasteiger partial charge in [0.25, 0.3) is 0 Å². The second-order valence-electron chi connectivity index (χ2n) is 13.5. The Labute approximate surface area is 253 Å². The van der Waals surface area contributed by atoms with Gasteiger partial charge in [0.2, 0.25) is 0 Å². The molecule has 0 bridgehead atoms. The number of hydrogen-bond acceptors (Lipinski definition) is 2. The minimum Gasteiger partial charge on any atom is -0.462 e. The average molecular weight is 563 g/mol. The van der Waals surface area contributed by atoms with Gasteiger partial charge < -0.3 is 4.74 Å². The van der Waals surface area contributed by atoms with E-state index in [4.69, 9.17) is 4.74 Å². The lowest BCUT2D eigenvalue weighted by molar-refractivity contribution is -0.140. The van der Waals surface area contributed by atoms with E-state index >= 15 is 0 Å². The molecule has 0 N–H and O–H groups in total. The fourth-order valence-electron chi connectivity index (χ4n) is 5.72. The molecule has 2 heteroatoms. The Balaban J connectivity index is 3.81. The van der Waals surface area contributed by atoms with Gasteiger partial charge in [-0.05, 0) is 37.5 Å². The predicted octanol–water partition coefficient (Wildman–Crippen LogP) is 13.2. The van der Waals surface area contributed by atoms with Gasteiger partial charge in [0, 0.05) is 5.57 Å². The van der Waals surface area contributed by atoms with E-state index in [9.17, 15) is 4.79 Å². The van der Waals surface area contributed by atoms with Gasteiger partial charge in [-0.3, -0.25) is 0 Å². The first-order valence-electron chi connectivity index (χ1n) is 18.2. The second kappa shape index (κ2) is 29.7. The van der Waals surface area contributed by atoms with Gasteiger partial charge in [0.15, 0.2) is 0 Å². The number of esters is 1. The molecule has 0 spiro atoms.